The summed E-state index contributed by atoms with van der Waals surface area (Å²) < 4.78 is 5.85. The molecule has 2 rings (SSSR count). The van der Waals surface area contributed by atoms with Gasteiger partial charge in [0.2, 0.25) is 0 Å². The molecule has 1 aromatic rings. The van der Waals surface area contributed by atoms with Crippen molar-refractivity contribution >= 4 is 5.78 Å². The molecule has 0 N–H and O–H groups in total. The zero-order valence-electron chi connectivity index (χ0n) is 13.4. The summed E-state index contributed by atoms with van der Waals surface area (Å²) in [7, 11) is 0. The summed E-state index contributed by atoms with van der Waals surface area (Å²) in [4.78, 5) is 12.9. The van der Waals surface area contributed by atoms with E-state index in [1.807, 2.05) is 19.1 Å². The molecule has 1 unspecified atom stereocenters. The Labute approximate surface area is 128 Å². The maximum Gasteiger partial charge on any atom is 0.191 e. The maximum absolute atomic E-state index is 12.9. The van der Waals surface area contributed by atoms with Crippen LogP contribution in [-0.2, 0) is 11.2 Å². The highest BCUT2D eigenvalue weighted by Crippen LogP contribution is 2.30. The lowest BCUT2D eigenvalue weighted by Crippen LogP contribution is -2.34. The van der Waals surface area contributed by atoms with Gasteiger partial charge in [-0.15, -0.1) is 0 Å². The Morgan fingerprint density at radius 3 is 2.67 bits per heavy atom. The van der Waals surface area contributed by atoms with Gasteiger partial charge in [-0.05, 0) is 43.7 Å². The smallest absolute Gasteiger partial charge is 0.191 e. The summed E-state index contributed by atoms with van der Waals surface area (Å²) in [6.45, 7) is 4.76. The largest absolute Gasteiger partial charge is 0.370 e. The predicted octanol–water partition coefficient (Wildman–Crippen LogP) is 4.81. The van der Waals surface area contributed by atoms with Crippen LogP contribution in [0.1, 0.15) is 68.3 Å². The zero-order chi connectivity index (χ0) is 15.1. The van der Waals surface area contributed by atoms with Gasteiger partial charge in [-0.1, -0.05) is 50.8 Å². The van der Waals surface area contributed by atoms with Gasteiger partial charge in [0.1, 0.15) is 6.10 Å². The Hall–Kier alpha value is -1.15. The quantitative estimate of drug-likeness (QED) is 0.673. The lowest BCUT2D eigenvalue weighted by Gasteiger charge is -2.29. The third-order valence-electron chi connectivity index (χ3n) is 4.43. The molecule has 2 nitrogen and oxygen atoms in total. The summed E-state index contributed by atoms with van der Waals surface area (Å²) >= 11 is 0. The van der Waals surface area contributed by atoms with Gasteiger partial charge >= 0.3 is 0 Å². The molecule has 21 heavy (non-hydrogen) atoms. The molecule has 0 aliphatic heterocycles. The normalized spacial score (nSPS) is 17.6. The van der Waals surface area contributed by atoms with Crippen LogP contribution in [0.3, 0.4) is 0 Å². The van der Waals surface area contributed by atoms with Gasteiger partial charge in [0.25, 0.3) is 0 Å². The van der Waals surface area contributed by atoms with Crippen LogP contribution < -0.4 is 0 Å². The van der Waals surface area contributed by atoms with Crippen LogP contribution in [0.5, 0.6) is 0 Å². The third-order valence-corrected chi connectivity index (χ3v) is 4.43. The fourth-order valence-corrected chi connectivity index (χ4v) is 3.38. The van der Waals surface area contributed by atoms with Crippen LogP contribution in [0, 0.1) is 5.92 Å². The van der Waals surface area contributed by atoms with Gasteiger partial charge in [0, 0.05) is 12.2 Å². The molecule has 1 saturated carbocycles. The number of Topliss-reactive ketones (excluding diaryl/α,β-unsaturated/α-hetero) is 1. The SMILES string of the molecule is CCCc1cccc(C(=O)C(OCC)C2CCCCC2)c1. The van der Waals surface area contributed by atoms with E-state index in [9.17, 15) is 4.79 Å². The molecular weight excluding hydrogens is 260 g/mol. The Balaban J connectivity index is 2.14. The lowest BCUT2D eigenvalue weighted by atomic mass is 9.82. The monoisotopic (exact) mass is 288 g/mol. The number of rotatable bonds is 7. The van der Waals surface area contributed by atoms with E-state index in [0.717, 1.165) is 31.2 Å². The van der Waals surface area contributed by atoms with Crippen molar-refractivity contribution < 1.29 is 9.53 Å². The maximum atomic E-state index is 12.9. The summed E-state index contributed by atoms with van der Waals surface area (Å²) in [5.74, 6) is 0.586. The van der Waals surface area contributed by atoms with Crippen LogP contribution in [0.2, 0.25) is 0 Å². The Morgan fingerprint density at radius 2 is 2.00 bits per heavy atom. The van der Waals surface area contributed by atoms with Gasteiger partial charge in [-0.2, -0.15) is 0 Å². The van der Waals surface area contributed by atoms with E-state index < -0.39 is 0 Å². The number of carbonyl (C=O) groups is 1. The van der Waals surface area contributed by atoms with E-state index in [4.69, 9.17) is 4.74 Å². The molecule has 1 aliphatic rings. The van der Waals surface area contributed by atoms with Gasteiger partial charge < -0.3 is 4.74 Å². The van der Waals surface area contributed by atoms with Crippen molar-refractivity contribution in [1.82, 2.24) is 0 Å². The standard InChI is InChI=1S/C19H28O2/c1-3-9-15-10-8-13-17(14-15)18(20)19(21-4-2)16-11-6-5-7-12-16/h8,10,13-14,16,19H,3-7,9,11-12H2,1-2H3. The first-order chi connectivity index (χ1) is 10.3. The van der Waals surface area contributed by atoms with E-state index in [0.29, 0.717) is 12.5 Å². The van der Waals surface area contributed by atoms with Crippen molar-refractivity contribution in [1.29, 1.82) is 0 Å². The first-order valence-corrected chi connectivity index (χ1v) is 8.51. The summed E-state index contributed by atoms with van der Waals surface area (Å²) in [5.41, 5.74) is 2.08. The number of carbonyl (C=O) groups excluding carboxylic acids is 1. The van der Waals surface area contributed by atoms with Gasteiger partial charge in [0.15, 0.2) is 5.78 Å². The molecule has 0 aromatic heterocycles. The van der Waals surface area contributed by atoms with Gasteiger partial charge in [-0.25, -0.2) is 0 Å². The summed E-state index contributed by atoms with van der Waals surface area (Å²) in [6, 6.07) is 8.11. The minimum atomic E-state index is -0.243. The number of ketones is 1. The minimum Gasteiger partial charge on any atom is -0.370 e. The van der Waals surface area contributed by atoms with Crippen LogP contribution >= 0.6 is 0 Å². The molecule has 0 saturated heterocycles. The molecule has 1 fully saturated rings. The second-order valence-electron chi connectivity index (χ2n) is 6.09. The molecule has 0 radical (unpaired) electrons. The number of aryl methyl sites for hydroxylation is 1. The minimum absolute atomic E-state index is 0.182. The molecule has 1 atom stereocenters. The van der Waals surface area contributed by atoms with E-state index in [1.165, 1.54) is 24.8 Å². The topological polar surface area (TPSA) is 26.3 Å². The van der Waals surface area contributed by atoms with E-state index >= 15 is 0 Å². The van der Waals surface area contributed by atoms with Crippen LogP contribution in [-0.4, -0.2) is 18.5 Å². The molecule has 1 aliphatic carbocycles. The molecular formula is C19H28O2. The molecule has 0 spiro atoms. The Kier molecular flexibility index (Phi) is 6.44. The molecule has 116 valence electrons. The second kappa shape index (κ2) is 8.33. The Bertz CT molecular complexity index is 447. The van der Waals surface area contributed by atoms with Crippen molar-refractivity contribution in [2.24, 2.45) is 5.92 Å². The first kappa shape index (κ1) is 16.2. The first-order valence-electron chi connectivity index (χ1n) is 8.51. The van der Waals surface area contributed by atoms with E-state index in [2.05, 4.69) is 19.1 Å². The number of hydrogen-bond acceptors (Lipinski definition) is 2. The average molecular weight is 288 g/mol. The van der Waals surface area contributed by atoms with Crippen molar-refractivity contribution in [2.75, 3.05) is 6.61 Å². The van der Waals surface area contributed by atoms with Crippen LogP contribution in [0.4, 0.5) is 0 Å². The van der Waals surface area contributed by atoms with Crippen molar-refractivity contribution in [3.05, 3.63) is 35.4 Å². The van der Waals surface area contributed by atoms with Crippen molar-refractivity contribution in [3.63, 3.8) is 0 Å². The van der Waals surface area contributed by atoms with Crippen LogP contribution in [0.25, 0.3) is 0 Å². The number of hydrogen-bond donors (Lipinski definition) is 0. The van der Waals surface area contributed by atoms with Crippen molar-refractivity contribution in [3.8, 4) is 0 Å². The van der Waals surface area contributed by atoms with Crippen molar-refractivity contribution in [2.45, 2.75) is 64.9 Å². The number of benzene rings is 1. The average Bonchev–Trinajstić information content (AvgIpc) is 2.53. The van der Waals surface area contributed by atoms with Gasteiger partial charge in [0.05, 0.1) is 0 Å². The van der Waals surface area contributed by atoms with Gasteiger partial charge in [-0.3, -0.25) is 4.79 Å². The second-order valence-corrected chi connectivity index (χ2v) is 6.09. The summed E-state index contributed by atoms with van der Waals surface area (Å²) in [6.07, 6.45) is 7.92. The fourth-order valence-electron chi connectivity index (χ4n) is 3.38. The van der Waals surface area contributed by atoms with E-state index in [1.54, 1.807) is 0 Å². The van der Waals surface area contributed by atoms with Crippen LogP contribution in [0.15, 0.2) is 24.3 Å². The molecule has 0 heterocycles. The molecule has 0 amide bonds. The lowest BCUT2D eigenvalue weighted by molar-refractivity contribution is 0.0127. The Morgan fingerprint density at radius 1 is 1.24 bits per heavy atom. The van der Waals surface area contributed by atoms with E-state index in [-0.39, 0.29) is 11.9 Å². The highest BCUT2D eigenvalue weighted by Gasteiger charge is 2.30. The molecule has 1 aromatic carbocycles. The predicted molar refractivity (Wildman–Crippen MR) is 86.8 cm³/mol. The highest BCUT2D eigenvalue weighted by atomic mass is 16.5. The summed E-state index contributed by atoms with van der Waals surface area (Å²) in [5, 5.41) is 0. The number of ether oxygens (including phenoxy) is 1. The molecule has 2 heteroatoms. The fraction of sp³-hybridized carbons (Fsp3) is 0.632. The highest BCUT2D eigenvalue weighted by molar-refractivity contribution is 5.99. The zero-order valence-corrected chi connectivity index (χ0v) is 13.4. The third kappa shape index (κ3) is 4.41. The molecule has 0 bridgehead atoms.